The normalized spacial score (nSPS) is 14.4. The van der Waals surface area contributed by atoms with Crippen molar-refractivity contribution >= 4 is 52.9 Å². The maximum Gasteiger partial charge on any atom is 0.261 e. The second-order valence-electron chi connectivity index (χ2n) is 8.03. The van der Waals surface area contributed by atoms with Crippen LogP contribution in [0.2, 0.25) is 5.04 Å². The number of hydrogen-bond donors (Lipinski definition) is 0. The number of hydrogen-bond acceptors (Lipinski definition) is 1. The Hall–Kier alpha value is -0.883. The van der Waals surface area contributed by atoms with Crippen LogP contribution in [0, 0.1) is 0 Å². The van der Waals surface area contributed by atoms with Crippen LogP contribution in [0.1, 0.15) is 40.5 Å². The van der Waals surface area contributed by atoms with Gasteiger partial charge in [0, 0.05) is 5.03 Å². The van der Waals surface area contributed by atoms with Crippen LogP contribution in [0.4, 0.5) is 0 Å². The quantitative estimate of drug-likeness (QED) is 0.272. The average Bonchev–Trinajstić information content (AvgIpc) is 2.68. The van der Waals surface area contributed by atoms with Crippen LogP contribution < -0.4 is 10.4 Å². The first-order valence-corrected chi connectivity index (χ1v) is 13.2. The van der Waals surface area contributed by atoms with Crippen LogP contribution in [-0.4, -0.2) is 14.4 Å². The molecule has 0 saturated heterocycles. The smallest absolute Gasteiger partial charge is 0.261 e. The lowest BCUT2D eigenvalue weighted by molar-refractivity contribution is 0.193. The van der Waals surface area contributed by atoms with Crippen LogP contribution in [0.25, 0.3) is 0 Å². The van der Waals surface area contributed by atoms with Gasteiger partial charge in [0.1, 0.15) is 0 Å². The predicted octanol–water partition coefficient (Wildman–Crippen LogP) is 6.80. The van der Waals surface area contributed by atoms with Crippen molar-refractivity contribution in [2.75, 3.05) is 0 Å². The first-order chi connectivity index (χ1) is 13.3. The van der Waals surface area contributed by atoms with Crippen LogP contribution in [0.15, 0.2) is 81.9 Å². The highest BCUT2D eigenvalue weighted by atomic mass is 127. The lowest BCUT2D eigenvalue weighted by Gasteiger charge is -2.45. The lowest BCUT2D eigenvalue weighted by atomic mass is 10.2. The zero-order valence-electron chi connectivity index (χ0n) is 17.2. The molecule has 0 fully saturated rings. The van der Waals surface area contributed by atoms with E-state index < -0.39 is 8.32 Å². The third kappa shape index (κ3) is 5.82. The van der Waals surface area contributed by atoms with Crippen molar-refractivity contribution in [3.05, 3.63) is 81.9 Å². The maximum atomic E-state index is 7.21. The van der Waals surface area contributed by atoms with E-state index in [2.05, 4.69) is 120 Å². The molecule has 2 rings (SSSR count). The Morgan fingerprint density at radius 1 is 1.00 bits per heavy atom. The fourth-order valence-corrected chi connectivity index (χ4v) is 8.72. The molecule has 28 heavy (non-hydrogen) atoms. The molecule has 0 aromatic heterocycles. The molecule has 0 heterocycles. The summed E-state index contributed by atoms with van der Waals surface area (Å²) in [5.74, 6) is 0. The number of rotatable bonds is 8. The monoisotopic (exact) mass is 524 g/mol. The number of halogens is 2. The Balaban J connectivity index is 2.63. The van der Waals surface area contributed by atoms with Crippen molar-refractivity contribution in [3.63, 3.8) is 0 Å². The molecule has 0 radical (unpaired) electrons. The van der Waals surface area contributed by atoms with Crippen LogP contribution >= 0.6 is 34.2 Å². The van der Waals surface area contributed by atoms with Gasteiger partial charge in [-0.25, -0.2) is 0 Å². The molecular formula is C24H30ClIOSi. The van der Waals surface area contributed by atoms with E-state index in [9.17, 15) is 0 Å². The minimum Gasteiger partial charge on any atom is -0.404 e. The van der Waals surface area contributed by atoms with Crippen molar-refractivity contribution in [1.82, 2.24) is 0 Å². The zero-order chi connectivity index (χ0) is 20.6. The van der Waals surface area contributed by atoms with Gasteiger partial charge in [0.15, 0.2) is 0 Å². The van der Waals surface area contributed by atoms with Gasteiger partial charge < -0.3 is 4.43 Å². The number of benzene rings is 2. The Labute approximate surface area is 190 Å². The molecule has 2 aromatic carbocycles. The van der Waals surface area contributed by atoms with Gasteiger partial charge in [-0.1, -0.05) is 128 Å². The molecule has 4 heteroatoms. The second kappa shape index (κ2) is 10.8. The SMILES string of the molecule is C/C(Cl)=C\C[C@@H](C/C=C\I)O[Si](c1ccccc1)(c1ccccc1)C(C)(C)C. The van der Waals surface area contributed by atoms with E-state index in [1.54, 1.807) is 0 Å². The maximum absolute atomic E-state index is 7.21. The Morgan fingerprint density at radius 2 is 1.50 bits per heavy atom. The van der Waals surface area contributed by atoms with Crippen molar-refractivity contribution in [1.29, 1.82) is 0 Å². The summed E-state index contributed by atoms with van der Waals surface area (Å²) < 4.78 is 9.27. The van der Waals surface area contributed by atoms with Crippen molar-refractivity contribution in [2.24, 2.45) is 0 Å². The Kier molecular flexibility index (Phi) is 9.00. The van der Waals surface area contributed by atoms with E-state index in [-0.39, 0.29) is 11.1 Å². The van der Waals surface area contributed by atoms with E-state index in [1.165, 1.54) is 10.4 Å². The third-order valence-corrected chi connectivity index (χ3v) is 10.7. The second-order valence-corrected chi connectivity index (χ2v) is 13.6. The number of allylic oxidation sites excluding steroid dienone is 1. The van der Waals surface area contributed by atoms with E-state index in [4.69, 9.17) is 16.0 Å². The largest absolute Gasteiger partial charge is 0.404 e. The Bertz CT molecular complexity index is 738. The Morgan fingerprint density at radius 3 is 1.89 bits per heavy atom. The third-order valence-electron chi connectivity index (χ3n) is 4.91. The van der Waals surface area contributed by atoms with Crippen LogP contribution in [-0.2, 0) is 4.43 Å². The van der Waals surface area contributed by atoms with Gasteiger partial charge in [-0.05, 0) is 39.3 Å². The van der Waals surface area contributed by atoms with Gasteiger partial charge in [0.25, 0.3) is 8.32 Å². The van der Waals surface area contributed by atoms with E-state index in [1.807, 2.05) is 6.92 Å². The summed E-state index contributed by atoms with van der Waals surface area (Å²) in [5.41, 5.74) is 0. The van der Waals surface area contributed by atoms with E-state index >= 15 is 0 Å². The minimum atomic E-state index is -2.54. The van der Waals surface area contributed by atoms with Gasteiger partial charge in [-0.15, -0.1) is 0 Å². The van der Waals surface area contributed by atoms with E-state index in [0.717, 1.165) is 17.9 Å². The molecule has 0 spiro atoms. The summed E-state index contributed by atoms with van der Waals surface area (Å²) >= 11 is 8.42. The predicted molar refractivity (Wildman–Crippen MR) is 134 cm³/mol. The van der Waals surface area contributed by atoms with Crippen molar-refractivity contribution in [2.45, 2.75) is 51.7 Å². The molecular weight excluding hydrogens is 495 g/mol. The molecule has 150 valence electrons. The lowest BCUT2D eigenvalue weighted by Crippen LogP contribution is -2.67. The molecule has 1 atom stereocenters. The molecule has 1 nitrogen and oxygen atoms in total. The highest BCUT2D eigenvalue weighted by Crippen LogP contribution is 2.38. The minimum absolute atomic E-state index is 0.0261. The molecule has 0 aliphatic rings. The molecule has 0 unspecified atom stereocenters. The summed E-state index contributed by atoms with van der Waals surface area (Å²) in [7, 11) is -2.54. The summed E-state index contributed by atoms with van der Waals surface area (Å²) in [5, 5.41) is 3.41. The molecule has 0 amide bonds. The highest BCUT2D eigenvalue weighted by molar-refractivity contribution is 14.1. The zero-order valence-corrected chi connectivity index (χ0v) is 21.1. The van der Waals surface area contributed by atoms with Crippen molar-refractivity contribution < 1.29 is 4.43 Å². The molecule has 0 bridgehead atoms. The first kappa shape index (κ1) is 23.4. The van der Waals surface area contributed by atoms with Gasteiger partial charge in [0.05, 0.1) is 6.10 Å². The summed E-state index contributed by atoms with van der Waals surface area (Å²) in [4.78, 5) is 0. The fourth-order valence-electron chi connectivity index (χ4n) is 3.63. The summed E-state index contributed by atoms with van der Waals surface area (Å²) in [6.07, 6.45) is 6.01. The van der Waals surface area contributed by atoms with Gasteiger partial charge in [0.2, 0.25) is 0 Å². The van der Waals surface area contributed by atoms with Crippen molar-refractivity contribution in [3.8, 4) is 0 Å². The topological polar surface area (TPSA) is 9.23 Å². The molecule has 2 aromatic rings. The average molecular weight is 525 g/mol. The fraction of sp³-hybridized carbons (Fsp3) is 0.333. The van der Waals surface area contributed by atoms with Gasteiger partial charge in [-0.2, -0.15) is 0 Å². The van der Waals surface area contributed by atoms with E-state index in [0.29, 0.717) is 0 Å². The van der Waals surface area contributed by atoms with Crippen LogP contribution in [0.3, 0.4) is 0 Å². The van der Waals surface area contributed by atoms with Gasteiger partial charge >= 0.3 is 0 Å². The van der Waals surface area contributed by atoms with Crippen LogP contribution in [0.5, 0.6) is 0 Å². The molecule has 0 N–H and O–H groups in total. The highest BCUT2D eigenvalue weighted by Gasteiger charge is 2.51. The van der Waals surface area contributed by atoms with Gasteiger partial charge in [-0.3, -0.25) is 0 Å². The molecule has 0 aliphatic carbocycles. The standard InChI is InChI=1S/C24H30ClIOSi/c1-20(25)17-18-21(12-11-19-26)27-28(24(2,3)4,22-13-7-5-8-14-22)23-15-9-6-10-16-23/h5-11,13-17,19,21H,12,18H2,1-4H3/b19-11-,20-17+/t21-/m1/s1. The first-order valence-electron chi connectivity index (χ1n) is 9.67. The molecule has 0 aliphatic heterocycles. The summed E-state index contributed by atoms with van der Waals surface area (Å²) in [6, 6.07) is 21.6. The summed E-state index contributed by atoms with van der Waals surface area (Å²) in [6.45, 7) is 8.86. The molecule has 0 saturated carbocycles.